The SMILES string of the molecule is CC(O)C(C)(C)NS(=O)(=O)c1ccc(C(N)=O)cc1. The summed E-state index contributed by atoms with van der Waals surface area (Å²) in [5.41, 5.74) is 4.31. The maximum Gasteiger partial charge on any atom is 0.248 e. The number of sulfonamides is 1. The maximum atomic E-state index is 12.1. The number of primary amides is 1. The van der Waals surface area contributed by atoms with E-state index >= 15 is 0 Å². The molecule has 1 aromatic rings. The molecule has 1 aromatic carbocycles. The monoisotopic (exact) mass is 286 g/mol. The predicted molar refractivity (Wildman–Crippen MR) is 71.0 cm³/mol. The second-order valence-corrected chi connectivity index (χ2v) is 6.57. The highest BCUT2D eigenvalue weighted by Crippen LogP contribution is 2.16. The van der Waals surface area contributed by atoms with Crippen LogP contribution in [0.15, 0.2) is 29.2 Å². The number of benzene rings is 1. The van der Waals surface area contributed by atoms with Gasteiger partial charge in [-0.1, -0.05) is 0 Å². The molecule has 0 aliphatic carbocycles. The van der Waals surface area contributed by atoms with Crippen LogP contribution in [0.4, 0.5) is 0 Å². The Balaban J connectivity index is 3.04. The van der Waals surface area contributed by atoms with Crippen LogP contribution < -0.4 is 10.5 Å². The molecule has 0 spiro atoms. The summed E-state index contributed by atoms with van der Waals surface area (Å²) < 4.78 is 26.6. The Labute approximate surface area is 112 Å². The summed E-state index contributed by atoms with van der Waals surface area (Å²) in [7, 11) is -3.77. The molecule has 1 atom stereocenters. The molecule has 0 radical (unpaired) electrons. The van der Waals surface area contributed by atoms with Gasteiger partial charge in [-0.3, -0.25) is 4.79 Å². The summed E-state index contributed by atoms with van der Waals surface area (Å²) in [5, 5.41) is 9.52. The lowest BCUT2D eigenvalue weighted by Crippen LogP contribution is -2.50. The first kappa shape index (κ1) is 15.6. The standard InChI is InChI=1S/C12H18N2O4S/c1-8(15)12(2,3)14-19(17,18)10-6-4-9(5-7-10)11(13)16/h4-8,14-15H,1-3H3,(H2,13,16). The third-order valence-corrected chi connectivity index (χ3v) is 4.58. The van der Waals surface area contributed by atoms with Gasteiger partial charge in [0.25, 0.3) is 0 Å². The Bertz CT molecular complexity index is 562. The largest absolute Gasteiger partial charge is 0.391 e. The highest BCUT2D eigenvalue weighted by molar-refractivity contribution is 7.89. The first-order valence-electron chi connectivity index (χ1n) is 5.68. The quantitative estimate of drug-likeness (QED) is 0.719. The molecule has 106 valence electrons. The third-order valence-electron chi connectivity index (χ3n) is 2.89. The van der Waals surface area contributed by atoms with Gasteiger partial charge in [-0.2, -0.15) is 0 Å². The number of nitrogens with one attached hydrogen (secondary N) is 1. The number of rotatable bonds is 5. The number of carbonyl (C=O) groups excluding carboxylic acids is 1. The maximum absolute atomic E-state index is 12.1. The Hall–Kier alpha value is -1.44. The number of carbonyl (C=O) groups is 1. The number of hydrogen-bond donors (Lipinski definition) is 3. The highest BCUT2D eigenvalue weighted by atomic mass is 32.2. The topological polar surface area (TPSA) is 109 Å². The normalized spacial score (nSPS) is 14.1. The van der Waals surface area contributed by atoms with Crippen molar-refractivity contribution in [1.29, 1.82) is 0 Å². The first-order valence-corrected chi connectivity index (χ1v) is 7.16. The molecule has 0 aliphatic heterocycles. The molecule has 0 fully saturated rings. The average molecular weight is 286 g/mol. The summed E-state index contributed by atoms with van der Waals surface area (Å²) >= 11 is 0. The molecule has 1 rings (SSSR count). The minimum Gasteiger partial charge on any atom is -0.391 e. The van der Waals surface area contributed by atoms with Crippen LogP contribution >= 0.6 is 0 Å². The summed E-state index contributed by atoms with van der Waals surface area (Å²) in [6.07, 6.45) is -0.854. The van der Waals surface area contributed by atoms with Gasteiger partial charge >= 0.3 is 0 Å². The van der Waals surface area contributed by atoms with Crippen molar-refractivity contribution in [3.05, 3.63) is 29.8 Å². The molecule has 0 saturated heterocycles. The zero-order valence-corrected chi connectivity index (χ0v) is 11.9. The Morgan fingerprint density at radius 2 is 1.79 bits per heavy atom. The highest BCUT2D eigenvalue weighted by Gasteiger charge is 2.30. The molecular weight excluding hydrogens is 268 g/mol. The van der Waals surface area contributed by atoms with Crippen molar-refractivity contribution < 1.29 is 18.3 Å². The van der Waals surface area contributed by atoms with Gasteiger partial charge in [0, 0.05) is 5.56 Å². The van der Waals surface area contributed by atoms with Crippen molar-refractivity contribution in [1.82, 2.24) is 4.72 Å². The van der Waals surface area contributed by atoms with Crippen LogP contribution in [-0.2, 0) is 10.0 Å². The van der Waals surface area contributed by atoms with Crippen LogP contribution in [-0.4, -0.2) is 31.1 Å². The third kappa shape index (κ3) is 3.76. The fourth-order valence-electron chi connectivity index (χ4n) is 1.29. The zero-order chi connectivity index (χ0) is 14.8. The van der Waals surface area contributed by atoms with Gasteiger partial charge in [0.05, 0.1) is 16.5 Å². The van der Waals surface area contributed by atoms with E-state index in [1.807, 2.05) is 0 Å². The van der Waals surface area contributed by atoms with E-state index < -0.39 is 27.6 Å². The smallest absolute Gasteiger partial charge is 0.248 e. The molecule has 7 heteroatoms. The van der Waals surface area contributed by atoms with Crippen LogP contribution in [0.5, 0.6) is 0 Å². The molecule has 1 unspecified atom stereocenters. The van der Waals surface area contributed by atoms with Crippen molar-refractivity contribution in [2.75, 3.05) is 0 Å². The van der Waals surface area contributed by atoms with E-state index in [-0.39, 0.29) is 10.5 Å². The molecule has 0 aromatic heterocycles. The van der Waals surface area contributed by atoms with Crippen molar-refractivity contribution in [3.63, 3.8) is 0 Å². The Kier molecular flexibility index (Phi) is 4.34. The van der Waals surface area contributed by atoms with Crippen molar-refractivity contribution in [2.45, 2.75) is 37.3 Å². The van der Waals surface area contributed by atoms with Crippen molar-refractivity contribution in [3.8, 4) is 0 Å². The van der Waals surface area contributed by atoms with Crippen LogP contribution in [0.1, 0.15) is 31.1 Å². The van der Waals surface area contributed by atoms with E-state index in [1.165, 1.54) is 31.2 Å². The average Bonchev–Trinajstić information content (AvgIpc) is 2.27. The molecular formula is C12H18N2O4S. The molecule has 4 N–H and O–H groups in total. The number of amides is 1. The van der Waals surface area contributed by atoms with Gasteiger partial charge in [0.15, 0.2) is 0 Å². The van der Waals surface area contributed by atoms with E-state index in [2.05, 4.69) is 4.72 Å². The van der Waals surface area contributed by atoms with Crippen LogP contribution in [0.2, 0.25) is 0 Å². The molecule has 0 heterocycles. The fourth-order valence-corrected chi connectivity index (χ4v) is 2.76. The van der Waals surface area contributed by atoms with Gasteiger partial charge in [0.1, 0.15) is 0 Å². The zero-order valence-electron chi connectivity index (χ0n) is 11.0. The van der Waals surface area contributed by atoms with Gasteiger partial charge in [-0.05, 0) is 45.0 Å². The number of nitrogens with two attached hydrogens (primary N) is 1. The molecule has 0 aliphatic rings. The van der Waals surface area contributed by atoms with Gasteiger partial charge < -0.3 is 10.8 Å². The van der Waals surface area contributed by atoms with Crippen molar-refractivity contribution >= 4 is 15.9 Å². The second-order valence-electron chi connectivity index (χ2n) is 4.89. The number of hydrogen-bond acceptors (Lipinski definition) is 4. The predicted octanol–water partition coefficient (Wildman–Crippen LogP) is 0.223. The minimum atomic E-state index is -3.77. The summed E-state index contributed by atoms with van der Waals surface area (Å²) in [5.74, 6) is -0.624. The minimum absolute atomic E-state index is 0.00576. The van der Waals surface area contributed by atoms with E-state index in [4.69, 9.17) is 5.73 Å². The summed E-state index contributed by atoms with van der Waals surface area (Å²) in [4.78, 5) is 10.9. The van der Waals surface area contributed by atoms with Gasteiger partial charge in [0.2, 0.25) is 15.9 Å². The lowest BCUT2D eigenvalue weighted by atomic mass is 10.0. The van der Waals surface area contributed by atoms with E-state index in [9.17, 15) is 18.3 Å². The van der Waals surface area contributed by atoms with Crippen LogP contribution in [0, 0.1) is 0 Å². The molecule has 0 bridgehead atoms. The van der Waals surface area contributed by atoms with E-state index in [0.29, 0.717) is 0 Å². The number of aliphatic hydroxyl groups is 1. The fraction of sp³-hybridized carbons (Fsp3) is 0.417. The van der Waals surface area contributed by atoms with Gasteiger partial charge in [-0.25, -0.2) is 13.1 Å². The molecule has 19 heavy (non-hydrogen) atoms. The summed E-state index contributed by atoms with van der Waals surface area (Å²) in [6, 6.07) is 5.26. The second kappa shape index (κ2) is 5.28. The van der Waals surface area contributed by atoms with Crippen LogP contribution in [0.25, 0.3) is 0 Å². The molecule has 6 nitrogen and oxygen atoms in total. The molecule has 0 saturated carbocycles. The number of aliphatic hydroxyl groups excluding tert-OH is 1. The van der Waals surface area contributed by atoms with Crippen molar-refractivity contribution in [2.24, 2.45) is 5.73 Å². The lowest BCUT2D eigenvalue weighted by molar-refractivity contribution is 0.1000. The molecule has 1 amide bonds. The van der Waals surface area contributed by atoms with Crippen LogP contribution in [0.3, 0.4) is 0 Å². The van der Waals surface area contributed by atoms with E-state index in [0.717, 1.165) is 0 Å². The first-order chi connectivity index (χ1) is 8.56. The Morgan fingerprint density at radius 3 is 2.16 bits per heavy atom. The Morgan fingerprint density at radius 1 is 1.32 bits per heavy atom. The van der Waals surface area contributed by atoms with E-state index in [1.54, 1.807) is 13.8 Å². The lowest BCUT2D eigenvalue weighted by Gasteiger charge is -2.28. The van der Waals surface area contributed by atoms with Gasteiger partial charge in [-0.15, -0.1) is 0 Å². The summed E-state index contributed by atoms with van der Waals surface area (Å²) in [6.45, 7) is 4.65.